The summed E-state index contributed by atoms with van der Waals surface area (Å²) >= 11 is 0. The molecule has 80 valence electrons. The molecule has 0 amide bonds. The highest BCUT2D eigenvalue weighted by molar-refractivity contribution is 4.99. The monoisotopic (exact) mass is 196 g/mol. The third-order valence-corrected chi connectivity index (χ3v) is 2.13. The van der Waals surface area contributed by atoms with Crippen LogP contribution in [0.3, 0.4) is 0 Å². The first-order valence-electron chi connectivity index (χ1n) is 5.29. The average molecular weight is 196 g/mol. The van der Waals surface area contributed by atoms with Crippen LogP contribution >= 0.6 is 0 Å². The van der Waals surface area contributed by atoms with E-state index in [1.807, 2.05) is 12.1 Å². The Morgan fingerprint density at radius 1 is 1.43 bits per heavy atom. The van der Waals surface area contributed by atoms with Gasteiger partial charge in [-0.1, -0.05) is 6.92 Å². The van der Waals surface area contributed by atoms with E-state index in [4.69, 9.17) is 4.42 Å². The van der Waals surface area contributed by atoms with Gasteiger partial charge in [-0.2, -0.15) is 0 Å². The molecule has 1 atom stereocenters. The summed E-state index contributed by atoms with van der Waals surface area (Å²) in [5.41, 5.74) is 0. The summed E-state index contributed by atoms with van der Waals surface area (Å²) in [5, 5.41) is 6.71. The molecule has 14 heavy (non-hydrogen) atoms. The van der Waals surface area contributed by atoms with Crippen LogP contribution < -0.4 is 10.6 Å². The van der Waals surface area contributed by atoms with Crippen molar-refractivity contribution in [1.82, 2.24) is 10.6 Å². The minimum atomic E-state index is 0.472. The van der Waals surface area contributed by atoms with Crippen LogP contribution in [0.2, 0.25) is 0 Å². The van der Waals surface area contributed by atoms with Crippen LogP contribution in [0.1, 0.15) is 19.6 Å². The summed E-state index contributed by atoms with van der Waals surface area (Å²) in [5.74, 6) is 1.05. The molecule has 0 aliphatic rings. The zero-order valence-corrected chi connectivity index (χ0v) is 9.05. The highest BCUT2D eigenvalue weighted by Gasteiger charge is 2.03. The quantitative estimate of drug-likeness (QED) is 0.647. The Bertz CT molecular complexity index is 221. The van der Waals surface area contributed by atoms with Crippen molar-refractivity contribution in [1.29, 1.82) is 0 Å². The number of hydrogen-bond acceptors (Lipinski definition) is 3. The maximum atomic E-state index is 5.28. The highest BCUT2D eigenvalue weighted by Crippen LogP contribution is 2.03. The lowest BCUT2D eigenvalue weighted by atomic mass is 10.2. The Labute approximate surface area is 85.9 Å². The number of rotatable bonds is 7. The van der Waals surface area contributed by atoms with E-state index in [9.17, 15) is 0 Å². The lowest BCUT2D eigenvalue weighted by molar-refractivity contribution is 0.455. The lowest BCUT2D eigenvalue weighted by Gasteiger charge is -2.12. The molecular weight excluding hydrogens is 176 g/mol. The minimum Gasteiger partial charge on any atom is -0.469 e. The predicted molar refractivity (Wildman–Crippen MR) is 58.4 cm³/mol. The lowest BCUT2D eigenvalue weighted by Crippen LogP contribution is -2.34. The van der Waals surface area contributed by atoms with E-state index in [1.54, 1.807) is 6.26 Å². The van der Waals surface area contributed by atoms with Gasteiger partial charge in [0.25, 0.3) is 0 Å². The van der Waals surface area contributed by atoms with Crippen molar-refractivity contribution >= 4 is 0 Å². The number of likely N-dealkylation sites (N-methyl/N-ethyl adjacent to an activating group) is 1. The van der Waals surface area contributed by atoms with Crippen molar-refractivity contribution < 1.29 is 4.42 Å². The maximum Gasteiger partial charge on any atom is 0.105 e. The second-order valence-electron chi connectivity index (χ2n) is 3.49. The topological polar surface area (TPSA) is 37.2 Å². The first kappa shape index (κ1) is 11.3. The third-order valence-electron chi connectivity index (χ3n) is 2.13. The van der Waals surface area contributed by atoms with Crippen LogP contribution in [-0.4, -0.2) is 25.7 Å². The smallest absolute Gasteiger partial charge is 0.105 e. The van der Waals surface area contributed by atoms with E-state index >= 15 is 0 Å². The molecule has 0 saturated heterocycles. The fourth-order valence-electron chi connectivity index (χ4n) is 1.39. The van der Waals surface area contributed by atoms with Gasteiger partial charge < -0.3 is 15.1 Å². The molecule has 2 N–H and O–H groups in total. The normalized spacial score (nSPS) is 13.0. The molecule has 1 rings (SSSR count). The van der Waals surface area contributed by atoms with Gasteiger partial charge in [0.1, 0.15) is 5.76 Å². The number of hydrogen-bond donors (Lipinski definition) is 2. The van der Waals surface area contributed by atoms with Crippen LogP contribution in [0.15, 0.2) is 22.8 Å². The molecule has 0 fully saturated rings. The van der Waals surface area contributed by atoms with Crippen molar-refractivity contribution in [2.24, 2.45) is 0 Å². The van der Waals surface area contributed by atoms with Gasteiger partial charge in [0.05, 0.1) is 6.26 Å². The van der Waals surface area contributed by atoms with Crippen LogP contribution in [0.25, 0.3) is 0 Å². The summed E-state index contributed by atoms with van der Waals surface area (Å²) in [7, 11) is 0. The molecule has 1 aromatic rings. The Kier molecular flexibility index (Phi) is 5.33. The summed E-state index contributed by atoms with van der Waals surface area (Å²) in [6.07, 6.45) is 2.68. The largest absolute Gasteiger partial charge is 0.469 e. The third kappa shape index (κ3) is 4.44. The van der Waals surface area contributed by atoms with E-state index in [-0.39, 0.29) is 0 Å². The van der Waals surface area contributed by atoms with Crippen molar-refractivity contribution in [2.45, 2.75) is 26.3 Å². The summed E-state index contributed by atoms with van der Waals surface area (Å²) in [6.45, 7) is 7.36. The van der Waals surface area contributed by atoms with Crippen molar-refractivity contribution in [3.63, 3.8) is 0 Å². The first-order chi connectivity index (χ1) is 6.83. The van der Waals surface area contributed by atoms with Crippen LogP contribution in [-0.2, 0) is 6.42 Å². The van der Waals surface area contributed by atoms with Crippen molar-refractivity contribution in [2.75, 3.05) is 19.6 Å². The highest BCUT2D eigenvalue weighted by atomic mass is 16.3. The van der Waals surface area contributed by atoms with Gasteiger partial charge in [0.15, 0.2) is 0 Å². The first-order valence-corrected chi connectivity index (χ1v) is 5.29. The molecule has 0 saturated carbocycles. The fraction of sp³-hybridized carbons (Fsp3) is 0.636. The average Bonchev–Trinajstić information content (AvgIpc) is 2.65. The van der Waals surface area contributed by atoms with Gasteiger partial charge in [0, 0.05) is 25.6 Å². The van der Waals surface area contributed by atoms with Gasteiger partial charge in [0.2, 0.25) is 0 Å². The van der Waals surface area contributed by atoms with Crippen molar-refractivity contribution in [3.05, 3.63) is 24.2 Å². The minimum absolute atomic E-state index is 0.472. The van der Waals surface area contributed by atoms with Gasteiger partial charge in [-0.05, 0) is 25.6 Å². The Hall–Kier alpha value is -0.800. The number of nitrogens with one attached hydrogen (secondary N) is 2. The summed E-state index contributed by atoms with van der Waals surface area (Å²) in [4.78, 5) is 0. The molecule has 3 heteroatoms. The van der Waals surface area contributed by atoms with E-state index in [0.29, 0.717) is 6.04 Å². The number of furan rings is 1. The van der Waals surface area contributed by atoms with Crippen LogP contribution in [0.4, 0.5) is 0 Å². The molecule has 0 aliphatic carbocycles. The standard InChI is InChI=1S/C11H20N2O/c1-3-12-6-7-13-10(2)9-11-5-4-8-14-11/h4-5,8,10,12-13H,3,6-7,9H2,1-2H3. The zero-order valence-electron chi connectivity index (χ0n) is 9.05. The molecule has 0 aromatic carbocycles. The predicted octanol–water partition coefficient (Wildman–Crippen LogP) is 1.41. The molecule has 1 aromatic heterocycles. The molecule has 0 radical (unpaired) electrons. The summed E-state index contributed by atoms with van der Waals surface area (Å²) < 4.78 is 5.28. The van der Waals surface area contributed by atoms with Gasteiger partial charge in [-0.15, -0.1) is 0 Å². The molecule has 0 aliphatic heterocycles. The molecule has 0 bridgehead atoms. The maximum absolute atomic E-state index is 5.28. The van der Waals surface area contributed by atoms with Crippen LogP contribution in [0.5, 0.6) is 0 Å². The molecular formula is C11H20N2O. The van der Waals surface area contributed by atoms with Crippen LogP contribution in [0, 0.1) is 0 Å². The Morgan fingerprint density at radius 2 is 2.29 bits per heavy atom. The van der Waals surface area contributed by atoms with Crippen molar-refractivity contribution in [3.8, 4) is 0 Å². The molecule has 1 heterocycles. The Balaban J connectivity index is 2.07. The summed E-state index contributed by atoms with van der Waals surface area (Å²) in [6, 6.07) is 4.42. The van der Waals surface area contributed by atoms with Gasteiger partial charge >= 0.3 is 0 Å². The SMILES string of the molecule is CCNCCNC(C)Cc1ccco1. The van der Waals surface area contributed by atoms with Gasteiger partial charge in [-0.3, -0.25) is 0 Å². The molecule has 0 spiro atoms. The molecule has 1 unspecified atom stereocenters. The van der Waals surface area contributed by atoms with E-state index in [1.165, 1.54) is 0 Å². The fourth-order valence-corrected chi connectivity index (χ4v) is 1.39. The zero-order chi connectivity index (χ0) is 10.2. The molecule has 3 nitrogen and oxygen atoms in total. The van der Waals surface area contributed by atoms with E-state index in [0.717, 1.165) is 31.8 Å². The Morgan fingerprint density at radius 3 is 2.93 bits per heavy atom. The second-order valence-corrected chi connectivity index (χ2v) is 3.49. The second kappa shape index (κ2) is 6.62. The van der Waals surface area contributed by atoms with E-state index < -0.39 is 0 Å². The van der Waals surface area contributed by atoms with E-state index in [2.05, 4.69) is 24.5 Å². The van der Waals surface area contributed by atoms with Gasteiger partial charge in [-0.25, -0.2) is 0 Å².